The highest BCUT2D eigenvalue weighted by atomic mass is 16.3. The fraction of sp³-hybridized carbons (Fsp3) is 0.750. The number of hydrogen-bond donors (Lipinski definition) is 2. The highest BCUT2D eigenvalue weighted by Crippen LogP contribution is 2.11. The first kappa shape index (κ1) is 13.2. The third-order valence-corrected chi connectivity index (χ3v) is 3.02. The Morgan fingerprint density at radius 3 is 2.69 bits per heavy atom. The largest absolute Gasteiger partial charge is 0.392 e. The minimum absolute atomic E-state index is 0.229. The van der Waals surface area contributed by atoms with Crippen LogP contribution in [-0.4, -0.2) is 34.1 Å². The van der Waals surface area contributed by atoms with Crippen molar-refractivity contribution in [2.45, 2.75) is 39.3 Å². The number of rotatable bonds is 8. The van der Waals surface area contributed by atoms with Gasteiger partial charge in [0.25, 0.3) is 0 Å². The minimum atomic E-state index is -0.229. The molecule has 0 aliphatic heterocycles. The van der Waals surface area contributed by atoms with Gasteiger partial charge in [-0.2, -0.15) is 5.10 Å². The number of aliphatic hydroxyl groups is 1. The number of hydrogen-bond acceptors (Lipinski definition) is 3. The van der Waals surface area contributed by atoms with Crippen molar-refractivity contribution in [3.8, 4) is 0 Å². The zero-order chi connectivity index (χ0) is 11.8. The molecule has 1 aromatic heterocycles. The van der Waals surface area contributed by atoms with Crippen LogP contribution in [0.25, 0.3) is 0 Å². The molecule has 1 rings (SSSR count). The lowest BCUT2D eigenvalue weighted by atomic mass is 9.97. The van der Waals surface area contributed by atoms with Gasteiger partial charge in [-0.05, 0) is 12.0 Å². The first-order valence-electron chi connectivity index (χ1n) is 6.14. The molecular weight excluding hydrogens is 202 g/mol. The van der Waals surface area contributed by atoms with Crippen molar-refractivity contribution in [3.63, 3.8) is 0 Å². The van der Waals surface area contributed by atoms with Crippen molar-refractivity contribution in [3.05, 3.63) is 18.5 Å². The van der Waals surface area contributed by atoms with Crippen molar-refractivity contribution in [2.75, 3.05) is 13.1 Å². The van der Waals surface area contributed by atoms with Crippen LogP contribution in [-0.2, 0) is 6.54 Å². The van der Waals surface area contributed by atoms with Crippen molar-refractivity contribution in [1.29, 1.82) is 0 Å². The fourth-order valence-electron chi connectivity index (χ4n) is 1.88. The third-order valence-electron chi connectivity index (χ3n) is 3.02. The topological polar surface area (TPSA) is 50.1 Å². The van der Waals surface area contributed by atoms with Gasteiger partial charge in [0.1, 0.15) is 0 Å². The lowest BCUT2D eigenvalue weighted by Crippen LogP contribution is -2.34. The molecule has 2 N–H and O–H groups in total. The molecule has 16 heavy (non-hydrogen) atoms. The smallest absolute Gasteiger partial charge is 0.0692 e. The molecule has 0 amide bonds. The average Bonchev–Trinajstić information content (AvgIpc) is 2.79. The van der Waals surface area contributed by atoms with Crippen LogP contribution in [0, 0.1) is 5.92 Å². The van der Waals surface area contributed by atoms with E-state index in [0.717, 1.165) is 25.9 Å². The van der Waals surface area contributed by atoms with Crippen LogP contribution in [0.4, 0.5) is 0 Å². The second-order valence-corrected chi connectivity index (χ2v) is 4.12. The lowest BCUT2D eigenvalue weighted by Gasteiger charge is -2.20. The summed E-state index contributed by atoms with van der Waals surface area (Å²) in [5.74, 6) is 0.414. The second kappa shape index (κ2) is 7.41. The molecule has 4 nitrogen and oxygen atoms in total. The van der Waals surface area contributed by atoms with E-state index in [1.54, 1.807) is 6.20 Å². The fourth-order valence-corrected chi connectivity index (χ4v) is 1.88. The summed E-state index contributed by atoms with van der Waals surface area (Å²) in [4.78, 5) is 0. The van der Waals surface area contributed by atoms with Gasteiger partial charge < -0.3 is 10.4 Å². The molecule has 0 bridgehead atoms. The highest BCUT2D eigenvalue weighted by molar-refractivity contribution is 4.77. The standard InChI is InChI=1S/C12H23N3O/c1-3-11(4-2)12(16)10-13-7-9-15-8-5-6-14-15/h5-6,8,11-13,16H,3-4,7,9-10H2,1-2H3. The minimum Gasteiger partial charge on any atom is -0.392 e. The van der Waals surface area contributed by atoms with Gasteiger partial charge in [0.15, 0.2) is 0 Å². The Kier molecular flexibility index (Phi) is 6.11. The Bertz CT molecular complexity index is 257. The Morgan fingerprint density at radius 1 is 1.38 bits per heavy atom. The SMILES string of the molecule is CCC(CC)C(O)CNCCn1cccn1. The molecule has 0 aromatic carbocycles. The van der Waals surface area contributed by atoms with Crippen LogP contribution in [0.1, 0.15) is 26.7 Å². The van der Waals surface area contributed by atoms with E-state index >= 15 is 0 Å². The zero-order valence-corrected chi connectivity index (χ0v) is 10.3. The number of aliphatic hydroxyl groups excluding tert-OH is 1. The number of nitrogens with zero attached hydrogens (tertiary/aromatic N) is 2. The maximum absolute atomic E-state index is 9.88. The molecule has 0 spiro atoms. The van der Waals surface area contributed by atoms with E-state index < -0.39 is 0 Å². The van der Waals surface area contributed by atoms with Crippen molar-refractivity contribution < 1.29 is 5.11 Å². The molecule has 0 aliphatic rings. The lowest BCUT2D eigenvalue weighted by molar-refractivity contribution is 0.101. The first-order chi connectivity index (χ1) is 7.77. The Balaban J connectivity index is 2.10. The molecule has 0 saturated heterocycles. The van der Waals surface area contributed by atoms with Crippen LogP contribution in [0.5, 0.6) is 0 Å². The van der Waals surface area contributed by atoms with Crippen molar-refractivity contribution >= 4 is 0 Å². The Morgan fingerprint density at radius 2 is 2.12 bits per heavy atom. The van der Waals surface area contributed by atoms with Gasteiger partial charge in [-0.15, -0.1) is 0 Å². The van der Waals surface area contributed by atoms with Crippen LogP contribution < -0.4 is 5.32 Å². The van der Waals surface area contributed by atoms with Gasteiger partial charge in [-0.3, -0.25) is 4.68 Å². The predicted molar refractivity (Wildman–Crippen MR) is 65.2 cm³/mol. The van der Waals surface area contributed by atoms with Gasteiger partial charge in [-0.25, -0.2) is 0 Å². The van der Waals surface area contributed by atoms with Gasteiger partial charge in [-0.1, -0.05) is 26.7 Å². The number of aromatic nitrogens is 2. The van der Waals surface area contributed by atoms with Gasteiger partial charge in [0.05, 0.1) is 12.6 Å². The zero-order valence-electron chi connectivity index (χ0n) is 10.3. The van der Waals surface area contributed by atoms with Crippen LogP contribution in [0.2, 0.25) is 0 Å². The maximum Gasteiger partial charge on any atom is 0.0692 e. The van der Waals surface area contributed by atoms with E-state index in [1.165, 1.54) is 0 Å². The summed E-state index contributed by atoms with van der Waals surface area (Å²) < 4.78 is 1.89. The van der Waals surface area contributed by atoms with E-state index in [2.05, 4.69) is 24.3 Å². The molecule has 0 aliphatic carbocycles. The molecular formula is C12H23N3O. The van der Waals surface area contributed by atoms with Gasteiger partial charge in [0.2, 0.25) is 0 Å². The van der Waals surface area contributed by atoms with Crippen molar-refractivity contribution in [2.24, 2.45) is 5.92 Å². The van der Waals surface area contributed by atoms with E-state index in [0.29, 0.717) is 12.5 Å². The molecule has 1 aromatic rings. The maximum atomic E-state index is 9.88. The summed E-state index contributed by atoms with van der Waals surface area (Å²) in [7, 11) is 0. The monoisotopic (exact) mass is 225 g/mol. The van der Waals surface area contributed by atoms with E-state index in [1.807, 2.05) is 16.9 Å². The van der Waals surface area contributed by atoms with Crippen LogP contribution >= 0.6 is 0 Å². The Hall–Kier alpha value is -0.870. The summed E-state index contributed by atoms with van der Waals surface area (Å²) in [5, 5.41) is 17.3. The van der Waals surface area contributed by atoms with E-state index in [-0.39, 0.29) is 6.10 Å². The molecule has 1 heterocycles. The van der Waals surface area contributed by atoms with Crippen molar-refractivity contribution in [1.82, 2.24) is 15.1 Å². The van der Waals surface area contributed by atoms with Crippen LogP contribution in [0.15, 0.2) is 18.5 Å². The average molecular weight is 225 g/mol. The molecule has 0 saturated carbocycles. The quantitative estimate of drug-likeness (QED) is 0.655. The summed E-state index contributed by atoms with van der Waals surface area (Å²) in [5.41, 5.74) is 0. The van der Waals surface area contributed by atoms with Gasteiger partial charge >= 0.3 is 0 Å². The first-order valence-corrected chi connectivity index (χ1v) is 6.14. The molecule has 92 valence electrons. The summed E-state index contributed by atoms with van der Waals surface area (Å²) in [6.07, 6.45) is 5.57. The Labute approximate surface area is 97.7 Å². The summed E-state index contributed by atoms with van der Waals surface area (Å²) in [6, 6.07) is 1.92. The summed E-state index contributed by atoms with van der Waals surface area (Å²) in [6.45, 7) is 6.62. The normalized spacial score (nSPS) is 13.2. The molecule has 0 radical (unpaired) electrons. The summed E-state index contributed by atoms with van der Waals surface area (Å²) >= 11 is 0. The third kappa shape index (κ3) is 4.33. The predicted octanol–water partition coefficient (Wildman–Crippen LogP) is 1.27. The number of nitrogens with one attached hydrogen (secondary N) is 1. The second-order valence-electron chi connectivity index (χ2n) is 4.12. The van der Waals surface area contributed by atoms with Crippen LogP contribution in [0.3, 0.4) is 0 Å². The van der Waals surface area contributed by atoms with E-state index in [9.17, 15) is 5.11 Å². The molecule has 1 unspecified atom stereocenters. The van der Waals surface area contributed by atoms with E-state index in [4.69, 9.17) is 0 Å². The molecule has 4 heteroatoms. The molecule has 0 fully saturated rings. The highest BCUT2D eigenvalue weighted by Gasteiger charge is 2.14. The molecule has 1 atom stereocenters. The van der Waals surface area contributed by atoms with Gasteiger partial charge in [0, 0.05) is 25.5 Å².